The van der Waals surface area contributed by atoms with Gasteiger partial charge in [-0.1, -0.05) is 42.5 Å². The Kier molecular flexibility index (Phi) is 4.52. The van der Waals surface area contributed by atoms with Crippen LogP contribution in [-0.4, -0.2) is 22.8 Å². The molecule has 2 amide bonds. The smallest absolute Gasteiger partial charge is 0.252 e. The van der Waals surface area contributed by atoms with Crippen LogP contribution >= 0.6 is 0 Å². The van der Waals surface area contributed by atoms with Gasteiger partial charge in [-0.2, -0.15) is 0 Å². The molecule has 0 spiro atoms. The number of carbonyl (C=O) groups is 2. The molecule has 0 bridgehead atoms. The Morgan fingerprint density at radius 3 is 2.42 bits per heavy atom. The number of nitrogens with two attached hydrogens (primary N) is 1. The van der Waals surface area contributed by atoms with Gasteiger partial charge in [0.1, 0.15) is 6.04 Å². The number of aromatic nitrogens is 1. The third-order valence-corrected chi connectivity index (χ3v) is 3.84. The van der Waals surface area contributed by atoms with E-state index in [0.717, 1.165) is 16.3 Å². The van der Waals surface area contributed by atoms with Gasteiger partial charge in [0.15, 0.2) is 0 Å². The first-order valence-corrected chi connectivity index (χ1v) is 7.61. The van der Waals surface area contributed by atoms with E-state index < -0.39 is 11.9 Å². The largest absolute Gasteiger partial charge is 0.368 e. The fourth-order valence-electron chi connectivity index (χ4n) is 2.57. The van der Waals surface area contributed by atoms with Crippen molar-refractivity contribution < 1.29 is 9.59 Å². The maximum absolute atomic E-state index is 12.2. The summed E-state index contributed by atoms with van der Waals surface area (Å²) in [7, 11) is 0. The first-order chi connectivity index (χ1) is 11.6. The summed E-state index contributed by atoms with van der Waals surface area (Å²) in [4.78, 5) is 27.8. The molecule has 0 aliphatic heterocycles. The maximum Gasteiger partial charge on any atom is 0.252 e. The van der Waals surface area contributed by atoms with E-state index in [1.165, 1.54) is 12.4 Å². The van der Waals surface area contributed by atoms with Crippen LogP contribution in [0.1, 0.15) is 15.9 Å². The van der Waals surface area contributed by atoms with Gasteiger partial charge in [0.05, 0.1) is 0 Å². The average molecular weight is 319 g/mol. The van der Waals surface area contributed by atoms with E-state index in [-0.39, 0.29) is 5.91 Å². The van der Waals surface area contributed by atoms with E-state index in [2.05, 4.69) is 10.3 Å². The molecule has 1 aromatic heterocycles. The second-order valence-electron chi connectivity index (χ2n) is 5.55. The number of hydrogen-bond donors (Lipinski definition) is 2. The third-order valence-electron chi connectivity index (χ3n) is 3.84. The fraction of sp³-hybridized carbons (Fsp3) is 0.105. The summed E-state index contributed by atoms with van der Waals surface area (Å²) in [5.41, 5.74) is 6.83. The monoisotopic (exact) mass is 319 g/mol. The van der Waals surface area contributed by atoms with Crippen LogP contribution < -0.4 is 11.1 Å². The highest BCUT2D eigenvalue weighted by Crippen LogP contribution is 2.16. The normalized spacial score (nSPS) is 11.8. The highest BCUT2D eigenvalue weighted by Gasteiger charge is 2.19. The highest BCUT2D eigenvalue weighted by atomic mass is 16.2. The van der Waals surface area contributed by atoms with Crippen LogP contribution in [0.5, 0.6) is 0 Å². The van der Waals surface area contributed by atoms with E-state index in [1.54, 1.807) is 12.1 Å². The number of rotatable bonds is 5. The van der Waals surface area contributed by atoms with Crippen LogP contribution in [-0.2, 0) is 11.2 Å². The van der Waals surface area contributed by atoms with Gasteiger partial charge in [-0.3, -0.25) is 14.6 Å². The van der Waals surface area contributed by atoms with Crippen LogP contribution in [0.4, 0.5) is 0 Å². The van der Waals surface area contributed by atoms with E-state index in [0.29, 0.717) is 12.0 Å². The van der Waals surface area contributed by atoms with Crippen molar-refractivity contribution in [1.29, 1.82) is 0 Å². The van der Waals surface area contributed by atoms with E-state index in [9.17, 15) is 9.59 Å². The lowest BCUT2D eigenvalue weighted by Gasteiger charge is -2.16. The molecule has 0 radical (unpaired) electrons. The zero-order valence-corrected chi connectivity index (χ0v) is 13.0. The van der Waals surface area contributed by atoms with Gasteiger partial charge >= 0.3 is 0 Å². The van der Waals surface area contributed by atoms with Gasteiger partial charge in [-0.15, -0.1) is 0 Å². The summed E-state index contributed by atoms with van der Waals surface area (Å²) < 4.78 is 0. The van der Waals surface area contributed by atoms with Crippen molar-refractivity contribution in [2.75, 3.05) is 0 Å². The molecular weight excluding hydrogens is 302 g/mol. The van der Waals surface area contributed by atoms with Crippen LogP contribution in [0.2, 0.25) is 0 Å². The molecule has 0 aliphatic carbocycles. The lowest BCUT2D eigenvalue weighted by Crippen LogP contribution is -2.45. The molecule has 24 heavy (non-hydrogen) atoms. The van der Waals surface area contributed by atoms with Crippen molar-refractivity contribution in [1.82, 2.24) is 10.3 Å². The molecule has 0 unspecified atom stereocenters. The highest BCUT2D eigenvalue weighted by molar-refractivity contribution is 5.97. The van der Waals surface area contributed by atoms with Gasteiger partial charge in [0, 0.05) is 24.4 Å². The second-order valence-corrected chi connectivity index (χ2v) is 5.55. The Morgan fingerprint density at radius 2 is 1.71 bits per heavy atom. The Morgan fingerprint density at radius 1 is 1.00 bits per heavy atom. The van der Waals surface area contributed by atoms with Crippen molar-refractivity contribution >= 4 is 22.6 Å². The molecule has 0 aliphatic rings. The van der Waals surface area contributed by atoms with Gasteiger partial charge in [-0.25, -0.2) is 0 Å². The first-order valence-electron chi connectivity index (χ1n) is 7.61. The minimum atomic E-state index is -0.771. The molecule has 0 saturated carbocycles. The Labute approximate surface area is 139 Å². The van der Waals surface area contributed by atoms with E-state index >= 15 is 0 Å². The summed E-state index contributed by atoms with van der Waals surface area (Å²) >= 11 is 0. The van der Waals surface area contributed by atoms with Crippen molar-refractivity contribution in [2.45, 2.75) is 12.5 Å². The minimum absolute atomic E-state index is 0.344. The number of nitrogens with zero attached hydrogens (tertiary/aromatic N) is 1. The van der Waals surface area contributed by atoms with E-state index in [4.69, 9.17) is 5.73 Å². The van der Waals surface area contributed by atoms with Crippen LogP contribution in [0.25, 0.3) is 10.8 Å². The predicted octanol–water partition coefficient (Wildman–Crippen LogP) is 2.06. The Bertz CT molecular complexity index is 878. The van der Waals surface area contributed by atoms with Crippen molar-refractivity contribution in [3.8, 4) is 0 Å². The van der Waals surface area contributed by atoms with Gasteiger partial charge < -0.3 is 11.1 Å². The van der Waals surface area contributed by atoms with Crippen molar-refractivity contribution in [2.24, 2.45) is 5.73 Å². The van der Waals surface area contributed by atoms with E-state index in [1.807, 2.05) is 42.5 Å². The number of carbonyl (C=O) groups excluding carboxylic acids is 2. The van der Waals surface area contributed by atoms with Crippen LogP contribution in [0.15, 0.2) is 67.0 Å². The second kappa shape index (κ2) is 6.91. The Hall–Kier alpha value is -3.21. The molecule has 5 nitrogen and oxygen atoms in total. The SMILES string of the molecule is NC(=O)[C@H](Cc1ccc2ccccc2c1)NC(=O)c1ccncc1. The molecule has 120 valence electrons. The molecule has 1 atom stereocenters. The molecule has 1 heterocycles. The maximum atomic E-state index is 12.2. The summed E-state index contributed by atoms with van der Waals surface area (Å²) in [5, 5.41) is 4.89. The zero-order chi connectivity index (χ0) is 16.9. The number of benzene rings is 2. The van der Waals surface area contributed by atoms with Gasteiger partial charge in [-0.05, 0) is 28.5 Å². The lowest BCUT2D eigenvalue weighted by molar-refractivity contribution is -0.119. The first kappa shape index (κ1) is 15.7. The molecular formula is C19H17N3O2. The summed E-state index contributed by atoms with van der Waals surface area (Å²) in [5.74, 6) is -0.910. The third kappa shape index (κ3) is 3.57. The summed E-state index contributed by atoms with van der Waals surface area (Å²) in [6, 6.07) is 16.3. The Balaban J connectivity index is 1.78. The molecule has 0 fully saturated rings. The van der Waals surface area contributed by atoms with Crippen LogP contribution in [0, 0.1) is 0 Å². The zero-order valence-electron chi connectivity index (χ0n) is 13.0. The number of pyridine rings is 1. The average Bonchev–Trinajstić information content (AvgIpc) is 2.61. The number of amides is 2. The van der Waals surface area contributed by atoms with Gasteiger partial charge in [0.25, 0.3) is 5.91 Å². The number of nitrogens with one attached hydrogen (secondary N) is 1. The van der Waals surface area contributed by atoms with Crippen LogP contribution in [0.3, 0.4) is 0 Å². The topological polar surface area (TPSA) is 85.1 Å². The van der Waals surface area contributed by atoms with Crippen molar-refractivity contribution in [3.05, 3.63) is 78.1 Å². The minimum Gasteiger partial charge on any atom is -0.368 e. The summed E-state index contributed by atoms with van der Waals surface area (Å²) in [6.07, 6.45) is 3.39. The molecule has 3 rings (SSSR count). The molecule has 5 heteroatoms. The molecule has 3 N–H and O–H groups in total. The standard InChI is InChI=1S/C19H17N3O2/c20-18(23)17(22-19(24)15-7-9-21-10-8-15)12-13-5-6-14-3-1-2-4-16(14)11-13/h1-11,17H,12H2,(H2,20,23)(H,22,24)/t17-/m0/s1. The molecule has 3 aromatic rings. The number of hydrogen-bond acceptors (Lipinski definition) is 3. The lowest BCUT2D eigenvalue weighted by atomic mass is 10.0. The van der Waals surface area contributed by atoms with Gasteiger partial charge in [0.2, 0.25) is 5.91 Å². The molecule has 0 saturated heterocycles. The van der Waals surface area contributed by atoms with Crippen molar-refractivity contribution in [3.63, 3.8) is 0 Å². The predicted molar refractivity (Wildman–Crippen MR) is 92.3 cm³/mol. The molecule has 2 aromatic carbocycles. The number of primary amides is 1. The number of fused-ring (bicyclic) bond motifs is 1. The quantitative estimate of drug-likeness (QED) is 0.755. The summed E-state index contributed by atoms with van der Waals surface area (Å²) in [6.45, 7) is 0. The fourth-order valence-corrected chi connectivity index (χ4v) is 2.57.